The van der Waals surface area contributed by atoms with Crippen LogP contribution in [0.4, 0.5) is 11.4 Å². The number of nitrogens with one attached hydrogen (secondary N) is 1. The number of nitrogens with zero attached hydrogens (tertiary/aromatic N) is 1. The molecule has 1 aromatic heterocycles. The lowest BCUT2D eigenvalue weighted by Crippen LogP contribution is -1.93. The summed E-state index contributed by atoms with van der Waals surface area (Å²) in [5.41, 5.74) is 9.76. The lowest BCUT2D eigenvalue weighted by molar-refractivity contribution is 1.16. The number of rotatable bonds is 2. The fraction of sp³-hybridized carbons (Fsp3) is 0.273. The van der Waals surface area contributed by atoms with Crippen LogP contribution in [0.25, 0.3) is 10.9 Å². The normalized spacial score (nSPS) is 10.8. The van der Waals surface area contributed by atoms with Gasteiger partial charge in [0.05, 0.1) is 5.52 Å². The standard InChI is InChI=1S/C11H13N3O/c1-3-7-8-4-6(2)13-11(8)10(14-15)5-9(7)12/h4-5,13H,3,12H2,1-2H3. The Morgan fingerprint density at radius 2 is 2.20 bits per heavy atom. The number of H-pyrrole nitrogens is 1. The number of hydrogen-bond donors (Lipinski definition) is 2. The Bertz CT molecular complexity index is 528. The molecule has 0 unspecified atom stereocenters. The van der Waals surface area contributed by atoms with Crippen LogP contribution in [0.15, 0.2) is 17.3 Å². The van der Waals surface area contributed by atoms with Gasteiger partial charge >= 0.3 is 0 Å². The predicted octanol–water partition coefficient (Wildman–Crippen LogP) is 3.02. The van der Waals surface area contributed by atoms with Crippen LogP contribution in [0, 0.1) is 11.8 Å². The highest BCUT2D eigenvalue weighted by Crippen LogP contribution is 2.33. The fourth-order valence-electron chi connectivity index (χ4n) is 1.96. The van der Waals surface area contributed by atoms with Crippen molar-refractivity contribution in [2.75, 3.05) is 5.73 Å². The number of nitrogens with two attached hydrogens (primary N) is 1. The van der Waals surface area contributed by atoms with E-state index in [1.807, 2.05) is 19.9 Å². The Morgan fingerprint density at radius 1 is 1.47 bits per heavy atom. The maximum absolute atomic E-state index is 10.7. The highest BCUT2D eigenvalue weighted by Gasteiger charge is 2.11. The van der Waals surface area contributed by atoms with E-state index in [1.165, 1.54) is 0 Å². The summed E-state index contributed by atoms with van der Waals surface area (Å²) in [6, 6.07) is 3.63. The molecule has 0 fully saturated rings. The molecule has 0 aliphatic carbocycles. The third-order valence-electron chi connectivity index (χ3n) is 2.63. The van der Waals surface area contributed by atoms with Gasteiger partial charge in [-0.3, -0.25) is 0 Å². The lowest BCUT2D eigenvalue weighted by Gasteiger charge is -2.05. The minimum absolute atomic E-state index is 0.382. The zero-order valence-corrected chi connectivity index (χ0v) is 8.79. The van der Waals surface area contributed by atoms with Gasteiger partial charge in [-0.1, -0.05) is 6.92 Å². The lowest BCUT2D eigenvalue weighted by atomic mass is 10.0. The van der Waals surface area contributed by atoms with Crippen molar-refractivity contribution < 1.29 is 0 Å². The first-order chi connectivity index (χ1) is 7.17. The number of aromatic amines is 1. The van der Waals surface area contributed by atoms with Crippen LogP contribution in [0.5, 0.6) is 0 Å². The van der Waals surface area contributed by atoms with Crippen molar-refractivity contribution in [2.24, 2.45) is 5.18 Å². The van der Waals surface area contributed by atoms with Gasteiger partial charge in [0.25, 0.3) is 0 Å². The third-order valence-corrected chi connectivity index (χ3v) is 2.63. The molecule has 1 heterocycles. The highest BCUT2D eigenvalue weighted by atomic mass is 16.3. The van der Waals surface area contributed by atoms with Gasteiger partial charge in [0.2, 0.25) is 0 Å². The first-order valence-corrected chi connectivity index (χ1v) is 4.91. The second-order valence-corrected chi connectivity index (χ2v) is 3.65. The van der Waals surface area contributed by atoms with E-state index in [0.717, 1.165) is 28.6 Å². The molecule has 2 rings (SSSR count). The Hall–Kier alpha value is -1.84. The number of aryl methyl sites for hydroxylation is 2. The van der Waals surface area contributed by atoms with Gasteiger partial charge in [-0.2, -0.15) is 0 Å². The molecule has 4 heteroatoms. The molecule has 0 atom stereocenters. The summed E-state index contributed by atoms with van der Waals surface area (Å²) in [6.07, 6.45) is 0.846. The maximum atomic E-state index is 10.7. The van der Waals surface area contributed by atoms with E-state index in [9.17, 15) is 4.91 Å². The molecule has 0 saturated carbocycles. The van der Waals surface area contributed by atoms with Crippen molar-refractivity contribution >= 4 is 22.3 Å². The summed E-state index contributed by atoms with van der Waals surface area (Å²) in [5, 5.41) is 3.99. The summed E-state index contributed by atoms with van der Waals surface area (Å²) in [4.78, 5) is 13.8. The van der Waals surface area contributed by atoms with Crippen molar-refractivity contribution in [1.82, 2.24) is 4.98 Å². The number of anilines is 1. The van der Waals surface area contributed by atoms with E-state index in [4.69, 9.17) is 5.73 Å². The van der Waals surface area contributed by atoms with Crippen LogP contribution in [0.2, 0.25) is 0 Å². The van der Waals surface area contributed by atoms with Crippen LogP contribution in [-0.2, 0) is 6.42 Å². The molecule has 0 aliphatic heterocycles. The molecular weight excluding hydrogens is 190 g/mol. The fourth-order valence-corrected chi connectivity index (χ4v) is 1.96. The Balaban J connectivity index is 2.91. The van der Waals surface area contributed by atoms with Crippen molar-refractivity contribution in [3.8, 4) is 0 Å². The molecule has 4 nitrogen and oxygen atoms in total. The summed E-state index contributed by atoms with van der Waals surface area (Å²) in [7, 11) is 0. The molecule has 0 amide bonds. The summed E-state index contributed by atoms with van der Waals surface area (Å²) in [6.45, 7) is 3.99. The zero-order chi connectivity index (χ0) is 11.0. The van der Waals surface area contributed by atoms with E-state index in [0.29, 0.717) is 11.4 Å². The predicted molar refractivity (Wildman–Crippen MR) is 62.3 cm³/mol. The monoisotopic (exact) mass is 203 g/mol. The maximum Gasteiger partial charge on any atom is 0.134 e. The molecule has 78 valence electrons. The SMILES string of the molecule is CCc1c(N)cc(N=O)c2[nH]c(C)cc12. The van der Waals surface area contributed by atoms with Gasteiger partial charge in [-0.05, 0) is 36.2 Å². The van der Waals surface area contributed by atoms with Gasteiger partial charge in [0.15, 0.2) is 0 Å². The molecule has 3 N–H and O–H groups in total. The van der Waals surface area contributed by atoms with Gasteiger partial charge in [0.1, 0.15) is 5.69 Å². The first kappa shape index (κ1) is 9.71. The molecule has 0 spiro atoms. The number of nitrogen functional groups attached to an aromatic ring is 1. The third kappa shape index (κ3) is 1.38. The summed E-state index contributed by atoms with van der Waals surface area (Å²) in [5.74, 6) is 0. The minimum atomic E-state index is 0.382. The molecule has 1 aromatic carbocycles. The summed E-state index contributed by atoms with van der Waals surface area (Å²) >= 11 is 0. The van der Waals surface area contributed by atoms with Crippen LogP contribution >= 0.6 is 0 Å². The topological polar surface area (TPSA) is 71.2 Å². The molecule has 0 bridgehead atoms. The minimum Gasteiger partial charge on any atom is -0.398 e. The van der Waals surface area contributed by atoms with Crippen molar-refractivity contribution in [3.63, 3.8) is 0 Å². The molecule has 2 aromatic rings. The molecule has 15 heavy (non-hydrogen) atoms. The molecule has 0 radical (unpaired) electrons. The van der Waals surface area contributed by atoms with E-state index in [-0.39, 0.29) is 0 Å². The number of aromatic nitrogens is 1. The van der Waals surface area contributed by atoms with E-state index >= 15 is 0 Å². The van der Waals surface area contributed by atoms with Crippen molar-refractivity contribution in [1.29, 1.82) is 0 Å². The largest absolute Gasteiger partial charge is 0.398 e. The van der Waals surface area contributed by atoms with Gasteiger partial charge < -0.3 is 10.7 Å². The second kappa shape index (κ2) is 3.38. The number of benzene rings is 1. The first-order valence-electron chi connectivity index (χ1n) is 4.91. The number of fused-ring (bicyclic) bond motifs is 1. The van der Waals surface area contributed by atoms with Gasteiger partial charge in [-0.25, -0.2) is 0 Å². The molecule has 0 saturated heterocycles. The zero-order valence-electron chi connectivity index (χ0n) is 8.79. The molecule has 0 aliphatic rings. The van der Waals surface area contributed by atoms with E-state index in [2.05, 4.69) is 10.2 Å². The Kier molecular flexibility index (Phi) is 2.19. The van der Waals surface area contributed by atoms with Crippen LogP contribution in [0.3, 0.4) is 0 Å². The Morgan fingerprint density at radius 3 is 2.80 bits per heavy atom. The van der Waals surface area contributed by atoms with Crippen LogP contribution < -0.4 is 5.73 Å². The van der Waals surface area contributed by atoms with Crippen LogP contribution in [-0.4, -0.2) is 4.98 Å². The van der Waals surface area contributed by atoms with E-state index in [1.54, 1.807) is 6.07 Å². The smallest absolute Gasteiger partial charge is 0.134 e. The summed E-state index contributed by atoms with van der Waals surface area (Å²) < 4.78 is 0. The average molecular weight is 203 g/mol. The van der Waals surface area contributed by atoms with Gasteiger partial charge in [0, 0.05) is 16.8 Å². The van der Waals surface area contributed by atoms with Crippen molar-refractivity contribution in [2.45, 2.75) is 20.3 Å². The Labute approximate surface area is 87.5 Å². The van der Waals surface area contributed by atoms with Crippen LogP contribution in [0.1, 0.15) is 18.2 Å². The average Bonchev–Trinajstić information content (AvgIpc) is 2.58. The molecular formula is C11H13N3O. The van der Waals surface area contributed by atoms with E-state index < -0.39 is 0 Å². The quantitative estimate of drug-likeness (QED) is 0.581. The number of hydrogen-bond acceptors (Lipinski definition) is 3. The highest BCUT2D eigenvalue weighted by molar-refractivity contribution is 5.96. The van der Waals surface area contributed by atoms with Crippen molar-refractivity contribution in [3.05, 3.63) is 28.3 Å². The van der Waals surface area contributed by atoms with Gasteiger partial charge in [-0.15, -0.1) is 4.91 Å². The second-order valence-electron chi connectivity index (χ2n) is 3.65. The number of nitroso groups, excluding NO2 is 1.